The van der Waals surface area contributed by atoms with Crippen molar-refractivity contribution in [3.63, 3.8) is 0 Å². The van der Waals surface area contributed by atoms with E-state index < -0.39 is 6.04 Å². The van der Waals surface area contributed by atoms with Gasteiger partial charge >= 0.3 is 5.97 Å². The number of fused-ring (bicyclic) bond motifs is 1. The van der Waals surface area contributed by atoms with Crippen molar-refractivity contribution in [1.29, 1.82) is 0 Å². The maximum atomic E-state index is 12.4. The third kappa shape index (κ3) is 2.98. The molecule has 0 N–H and O–H groups in total. The van der Waals surface area contributed by atoms with Gasteiger partial charge in [0.05, 0.1) is 24.4 Å². The Balaban J connectivity index is 1.77. The van der Waals surface area contributed by atoms with E-state index in [2.05, 4.69) is 0 Å². The van der Waals surface area contributed by atoms with Crippen molar-refractivity contribution >= 4 is 29.5 Å². The van der Waals surface area contributed by atoms with Crippen molar-refractivity contribution in [2.24, 2.45) is 0 Å². The summed E-state index contributed by atoms with van der Waals surface area (Å²) >= 11 is 1.68. The summed E-state index contributed by atoms with van der Waals surface area (Å²) in [5.74, 6) is 0.579. The highest BCUT2D eigenvalue weighted by molar-refractivity contribution is 7.99. The number of rotatable bonds is 4. The van der Waals surface area contributed by atoms with E-state index in [9.17, 15) is 14.4 Å². The predicted molar refractivity (Wildman–Crippen MR) is 86.3 cm³/mol. The summed E-state index contributed by atoms with van der Waals surface area (Å²) in [4.78, 5) is 40.1. The number of nitrogens with zero attached hydrogens (tertiary/aromatic N) is 2. The molecule has 1 saturated heterocycles. The van der Waals surface area contributed by atoms with Crippen LogP contribution in [0.5, 0.6) is 0 Å². The number of esters is 1. The van der Waals surface area contributed by atoms with Crippen LogP contribution in [0.2, 0.25) is 0 Å². The summed E-state index contributed by atoms with van der Waals surface area (Å²) in [6.45, 7) is 2.85. The first-order valence-electron chi connectivity index (χ1n) is 7.57. The van der Waals surface area contributed by atoms with Crippen molar-refractivity contribution in [3.8, 4) is 0 Å². The van der Waals surface area contributed by atoms with E-state index in [1.165, 1.54) is 4.90 Å². The molecule has 1 aromatic rings. The first kappa shape index (κ1) is 16.0. The molecule has 0 aliphatic carbocycles. The van der Waals surface area contributed by atoms with Crippen LogP contribution in [-0.4, -0.2) is 65.0 Å². The van der Waals surface area contributed by atoms with Gasteiger partial charge in [0.25, 0.3) is 11.8 Å². The van der Waals surface area contributed by atoms with Crippen LogP contribution in [0.15, 0.2) is 24.3 Å². The van der Waals surface area contributed by atoms with Gasteiger partial charge < -0.3 is 4.74 Å². The molecule has 0 spiro atoms. The number of carbonyl (C=O) groups is 3. The third-order valence-electron chi connectivity index (χ3n) is 4.00. The minimum absolute atomic E-state index is 0.121. The number of thioether (sulfide) groups is 1. The normalized spacial score (nSPS) is 21.4. The van der Waals surface area contributed by atoms with Crippen LogP contribution in [0.25, 0.3) is 0 Å². The van der Waals surface area contributed by atoms with Gasteiger partial charge in [0, 0.05) is 18.1 Å². The molecule has 2 aliphatic heterocycles. The Bertz CT molecular complexity index is 614. The van der Waals surface area contributed by atoms with Crippen molar-refractivity contribution in [3.05, 3.63) is 35.4 Å². The average molecular weight is 334 g/mol. The van der Waals surface area contributed by atoms with Crippen molar-refractivity contribution in [2.75, 3.05) is 31.3 Å². The van der Waals surface area contributed by atoms with E-state index >= 15 is 0 Å². The first-order chi connectivity index (χ1) is 11.1. The van der Waals surface area contributed by atoms with Gasteiger partial charge in [-0.25, -0.2) is 0 Å². The van der Waals surface area contributed by atoms with Crippen LogP contribution in [0.3, 0.4) is 0 Å². The van der Waals surface area contributed by atoms with Gasteiger partial charge in [0.15, 0.2) is 0 Å². The second-order valence-electron chi connectivity index (χ2n) is 5.38. The highest BCUT2D eigenvalue weighted by Crippen LogP contribution is 2.25. The summed E-state index contributed by atoms with van der Waals surface area (Å²) in [6, 6.07) is 6.38. The van der Waals surface area contributed by atoms with Gasteiger partial charge in [0.1, 0.15) is 6.04 Å². The summed E-state index contributed by atoms with van der Waals surface area (Å²) in [6.07, 6.45) is 0. The Hall–Kier alpha value is -1.86. The third-order valence-corrected chi connectivity index (χ3v) is 5.02. The topological polar surface area (TPSA) is 66.9 Å². The number of hydrogen-bond donors (Lipinski definition) is 0. The summed E-state index contributed by atoms with van der Waals surface area (Å²) in [7, 11) is 0. The summed E-state index contributed by atoms with van der Waals surface area (Å²) in [5.41, 5.74) is 0.855. The molecule has 0 saturated carbocycles. The van der Waals surface area contributed by atoms with Gasteiger partial charge in [-0.1, -0.05) is 12.1 Å². The Kier molecular flexibility index (Phi) is 4.68. The average Bonchev–Trinajstić information content (AvgIpc) is 2.81. The molecule has 6 nitrogen and oxygen atoms in total. The molecule has 122 valence electrons. The Morgan fingerprint density at radius 1 is 1.26 bits per heavy atom. The number of benzene rings is 1. The lowest BCUT2D eigenvalue weighted by Gasteiger charge is -2.35. The summed E-state index contributed by atoms with van der Waals surface area (Å²) in [5, 5.41) is 0. The molecule has 0 aromatic heterocycles. The quantitative estimate of drug-likeness (QED) is 0.609. The minimum Gasteiger partial charge on any atom is -0.465 e. The largest absolute Gasteiger partial charge is 0.465 e. The van der Waals surface area contributed by atoms with Gasteiger partial charge in [0.2, 0.25) is 0 Å². The molecule has 2 heterocycles. The van der Waals surface area contributed by atoms with Crippen LogP contribution in [0.4, 0.5) is 0 Å². The van der Waals surface area contributed by atoms with Gasteiger partial charge in [-0.2, -0.15) is 11.8 Å². The highest BCUT2D eigenvalue weighted by atomic mass is 32.2. The SMILES string of the molecule is CCOC(=O)[C@H]1CSCCN1CN1C(=O)c2ccccc2C1=O. The van der Waals surface area contributed by atoms with E-state index in [4.69, 9.17) is 4.74 Å². The fraction of sp³-hybridized carbons (Fsp3) is 0.438. The highest BCUT2D eigenvalue weighted by Gasteiger charge is 2.39. The van der Waals surface area contributed by atoms with E-state index in [0.717, 1.165) is 5.75 Å². The zero-order valence-corrected chi connectivity index (χ0v) is 13.7. The molecular weight excluding hydrogens is 316 g/mol. The molecule has 2 amide bonds. The predicted octanol–water partition coefficient (Wildman–Crippen LogP) is 1.22. The monoisotopic (exact) mass is 334 g/mol. The fourth-order valence-corrected chi connectivity index (χ4v) is 3.91. The molecule has 3 rings (SSSR count). The molecule has 0 bridgehead atoms. The zero-order valence-electron chi connectivity index (χ0n) is 12.9. The maximum absolute atomic E-state index is 12.4. The van der Waals surface area contributed by atoms with Crippen molar-refractivity contribution in [1.82, 2.24) is 9.80 Å². The van der Waals surface area contributed by atoms with E-state index in [-0.39, 0.29) is 24.5 Å². The van der Waals surface area contributed by atoms with Crippen molar-refractivity contribution < 1.29 is 19.1 Å². The zero-order chi connectivity index (χ0) is 16.4. The molecule has 1 aromatic carbocycles. The Morgan fingerprint density at radius 3 is 2.52 bits per heavy atom. The Labute approximate surface area is 138 Å². The molecular formula is C16H18N2O4S. The maximum Gasteiger partial charge on any atom is 0.324 e. The van der Waals surface area contributed by atoms with Gasteiger partial charge in [-0.05, 0) is 19.1 Å². The number of ether oxygens (including phenoxy) is 1. The number of imide groups is 1. The van der Waals surface area contributed by atoms with Crippen LogP contribution < -0.4 is 0 Å². The number of carbonyl (C=O) groups excluding carboxylic acids is 3. The summed E-state index contributed by atoms with van der Waals surface area (Å²) < 4.78 is 5.11. The van der Waals surface area contributed by atoms with Gasteiger partial charge in [-0.3, -0.25) is 24.2 Å². The molecule has 0 unspecified atom stereocenters. The fourth-order valence-electron chi connectivity index (χ4n) is 2.81. The lowest BCUT2D eigenvalue weighted by atomic mass is 10.1. The second-order valence-corrected chi connectivity index (χ2v) is 6.53. The van der Waals surface area contributed by atoms with Crippen molar-refractivity contribution in [2.45, 2.75) is 13.0 Å². The molecule has 23 heavy (non-hydrogen) atoms. The van der Waals surface area contributed by atoms with Crippen LogP contribution in [0, 0.1) is 0 Å². The second kappa shape index (κ2) is 6.72. The molecule has 1 atom stereocenters. The standard InChI is InChI=1S/C16H18N2O4S/c1-2-22-16(21)13-9-23-8-7-17(13)10-18-14(19)11-5-3-4-6-12(11)15(18)20/h3-6,13H,2,7-10H2,1H3/t13-/m1/s1. The van der Waals surface area contributed by atoms with Crippen LogP contribution >= 0.6 is 11.8 Å². The lowest BCUT2D eigenvalue weighted by molar-refractivity contribution is -0.149. The first-order valence-corrected chi connectivity index (χ1v) is 8.72. The van der Waals surface area contributed by atoms with E-state index in [1.807, 2.05) is 4.90 Å². The van der Waals surface area contributed by atoms with Crippen LogP contribution in [0.1, 0.15) is 27.6 Å². The number of amides is 2. The molecule has 0 radical (unpaired) electrons. The minimum atomic E-state index is -0.419. The Morgan fingerprint density at radius 2 is 1.91 bits per heavy atom. The lowest BCUT2D eigenvalue weighted by Crippen LogP contribution is -2.53. The number of hydrogen-bond acceptors (Lipinski definition) is 6. The molecule has 2 aliphatic rings. The molecule has 1 fully saturated rings. The van der Waals surface area contributed by atoms with Crippen LogP contribution in [-0.2, 0) is 9.53 Å². The van der Waals surface area contributed by atoms with E-state index in [0.29, 0.717) is 30.0 Å². The van der Waals surface area contributed by atoms with E-state index in [1.54, 1.807) is 43.0 Å². The smallest absolute Gasteiger partial charge is 0.324 e. The molecule has 7 heteroatoms. The van der Waals surface area contributed by atoms with Gasteiger partial charge in [-0.15, -0.1) is 0 Å².